The van der Waals surface area contributed by atoms with Crippen molar-refractivity contribution in [2.75, 3.05) is 20.8 Å². The molecule has 1 saturated carbocycles. The zero-order chi connectivity index (χ0) is 18.0. The number of hydrogen-bond donors (Lipinski definition) is 0. The lowest BCUT2D eigenvalue weighted by Crippen LogP contribution is -2.73. The van der Waals surface area contributed by atoms with Crippen molar-refractivity contribution in [1.29, 1.82) is 0 Å². The Morgan fingerprint density at radius 2 is 2.08 bits per heavy atom. The van der Waals surface area contributed by atoms with E-state index in [-0.39, 0.29) is 28.8 Å². The number of likely N-dealkylation sites (N-methyl/N-ethyl adjacent to an activating group) is 1. The zero-order valence-electron chi connectivity index (χ0n) is 16.0. The van der Waals surface area contributed by atoms with Crippen LogP contribution in [-0.2, 0) is 21.4 Å². The number of carbonyl (C=O) groups excluding carboxylic acids is 1. The van der Waals surface area contributed by atoms with Crippen LogP contribution >= 0.6 is 0 Å². The van der Waals surface area contributed by atoms with Crippen LogP contribution in [0.4, 0.5) is 0 Å². The maximum absolute atomic E-state index is 12.6. The first-order valence-electron chi connectivity index (χ1n) is 9.41. The Labute approximate surface area is 150 Å². The molecule has 5 rings (SSSR count). The lowest BCUT2D eigenvalue weighted by molar-refractivity contribution is -0.180. The Morgan fingerprint density at radius 3 is 2.76 bits per heavy atom. The third kappa shape index (κ3) is 2.06. The van der Waals surface area contributed by atoms with Gasteiger partial charge < -0.3 is 9.47 Å². The maximum Gasteiger partial charge on any atom is 0.310 e. The lowest BCUT2D eigenvalue weighted by atomic mass is 9.42. The molecule has 2 aliphatic heterocycles. The van der Waals surface area contributed by atoms with E-state index in [1.807, 2.05) is 6.92 Å². The zero-order valence-corrected chi connectivity index (χ0v) is 16.0. The quantitative estimate of drug-likeness (QED) is 0.790. The van der Waals surface area contributed by atoms with Crippen molar-refractivity contribution < 1.29 is 14.3 Å². The molecule has 136 valence electrons. The first kappa shape index (κ1) is 16.9. The normalized spacial score (nSPS) is 39.0. The van der Waals surface area contributed by atoms with Crippen LogP contribution in [0, 0.1) is 11.3 Å². The smallest absolute Gasteiger partial charge is 0.310 e. The Balaban J connectivity index is 1.80. The van der Waals surface area contributed by atoms with Crippen LogP contribution in [-0.4, -0.2) is 43.7 Å². The van der Waals surface area contributed by atoms with Gasteiger partial charge in [0.05, 0.1) is 19.6 Å². The van der Waals surface area contributed by atoms with Gasteiger partial charge in [-0.3, -0.25) is 9.69 Å². The molecule has 4 nitrogen and oxygen atoms in total. The number of benzene rings is 1. The Morgan fingerprint density at radius 1 is 1.32 bits per heavy atom. The standard InChI is InChI=1S/C21H29NO3/c1-6-25-19(23)15-11-21(3)18-9-13-7-8-14(24-5)10-16(13)20(21,2)12-17(15)22(18)4/h7-8,10,15,17-18H,6,9,11-12H2,1-5H3/t15?,17?,18?,20-,21+/m1/s1. The summed E-state index contributed by atoms with van der Waals surface area (Å²) in [6.45, 7) is 7.14. The lowest BCUT2D eigenvalue weighted by Gasteiger charge is -2.69. The molecule has 3 fully saturated rings. The van der Waals surface area contributed by atoms with E-state index in [9.17, 15) is 4.79 Å². The van der Waals surface area contributed by atoms with E-state index >= 15 is 0 Å². The molecule has 2 saturated heterocycles. The highest BCUT2D eigenvalue weighted by molar-refractivity contribution is 5.74. The van der Waals surface area contributed by atoms with Gasteiger partial charge in [-0.25, -0.2) is 0 Å². The van der Waals surface area contributed by atoms with E-state index < -0.39 is 0 Å². The highest BCUT2D eigenvalue weighted by atomic mass is 16.5. The van der Waals surface area contributed by atoms with Crippen LogP contribution in [0.1, 0.15) is 44.7 Å². The number of fused-ring (bicyclic) bond motifs is 2. The number of hydrogen-bond acceptors (Lipinski definition) is 4. The number of rotatable bonds is 3. The van der Waals surface area contributed by atoms with Crippen molar-refractivity contribution in [3.05, 3.63) is 29.3 Å². The van der Waals surface area contributed by atoms with E-state index in [2.05, 4.69) is 44.0 Å². The van der Waals surface area contributed by atoms with Crippen molar-refractivity contribution in [2.24, 2.45) is 11.3 Å². The average molecular weight is 343 g/mol. The summed E-state index contributed by atoms with van der Waals surface area (Å²) in [6.07, 6.45) is 2.97. The molecule has 4 bridgehead atoms. The fourth-order valence-corrected chi connectivity index (χ4v) is 6.08. The highest BCUT2D eigenvalue weighted by Gasteiger charge is 2.66. The van der Waals surface area contributed by atoms with Gasteiger partial charge in [0.25, 0.3) is 0 Å². The van der Waals surface area contributed by atoms with Crippen molar-refractivity contribution in [3.63, 3.8) is 0 Å². The predicted octanol–water partition coefficient (Wildman–Crippen LogP) is 3.17. The summed E-state index contributed by atoms with van der Waals surface area (Å²) in [4.78, 5) is 15.0. The maximum atomic E-state index is 12.6. The predicted molar refractivity (Wildman–Crippen MR) is 96.9 cm³/mol. The third-order valence-electron chi connectivity index (χ3n) is 7.65. The summed E-state index contributed by atoms with van der Waals surface area (Å²) < 4.78 is 10.9. The minimum Gasteiger partial charge on any atom is -0.497 e. The topological polar surface area (TPSA) is 38.8 Å². The summed E-state index contributed by atoms with van der Waals surface area (Å²) in [7, 11) is 3.93. The molecule has 2 aliphatic carbocycles. The van der Waals surface area contributed by atoms with Crippen LogP contribution in [0.5, 0.6) is 5.75 Å². The molecule has 0 spiro atoms. The van der Waals surface area contributed by atoms with E-state index in [0.717, 1.165) is 25.0 Å². The summed E-state index contributed by atoms with van der Waals surface area (Å²) >= 11 is 0. The monoisotopic (exact) mass is 343 g/mol. The number of nitrogens with zero attached hydrogens (tertiary/aromatic N) is 1. The summed E-state index contributed by atoms with van der Waals surface area (Å²) in [5.41, 5.74) is 2.99. The van der Waals surface area contributed by atoms with Crippen LogP contribution in [0.3, 0.4) is 0 Å². The number of carbonyl (C=O) groups is 1. The van der Waals surface area contributed by atoms with Crippen LogP contribution in [0.25, 0.3) is 0 Å². The van der Waals surface area contributed by atoms with Gasteiger partial charge in [0.15, 0.2) is 0 Å². The van der Waals surface area contributed by atoms with Crippen molar-refractivity contribution >= 4 is 5.97 Å². The minimum absolute atomic E-state index is 0.00793. The number of piperidine rings is 2. The summed E-state index contributed by atoms with van der Waals surface area (Å²) in [5, 5.41) is 0. The molecule has 1 aromatic rings. The van der Waals surface area contributed by atoms with E-state index in [0.29, 0.717) is 12.6 Å². The Hall–Kier alpha value is -1.55. The fourth-order valence-electron chi connectivity index (χ4n) is 6.08. The molecule has 0 N–H and O–H groups in total. The van der Waals surface area contributed by atoms with Gasteiger partial charge in [-0.05, 0) is 61.9 Å². The molecule has 4 aliphatic rings. The Bertz CT molecular complexity index is 717. The molecular weight excluding hydrogens is 314 g/mol. The molecule has 5 atom stereocenters. The van der Waals surface area contributed by atoms with Crippen LogP contribution < -0.4 is 4.74 Å². The second-order valence-electron chi connectivity index (χ2n) is 8.49. The van der Waals surface area contributed by atoms with Gasteiger partial charge >= 0.3 is 5.97 Å². The molecule has 0 radical (unpaired) electrons. The van der Waals surface area contributed by atoms with Gasteiger partial charge in [-0.15, -0.1) is 0 Å². The average Bonchev–Trinajstić information content (AvgIpc) is 2.59. The molecule has 2 heterocycles. The molecule has 0 amide bonds. The summed E-state index contributed by atoms with van der Waals surface area (Å²) in [5.74, 6) is 0.905. The SMILES string of the molecule is CCOC(=O)C1C[C@@]2(C)C3Cc4ccc(OC)cc4[C@@]2(C)CC1N3C. The second-order valence-corrected chi connectivity index (χ2v) is 8.49. The van der Waals surface area contributed by atoms with E-state index in [1.165, 1.54) is 11.1 Å². The van der Waals surface area contributed by atoms with Gasteiger partial charge in [0, 0.05) is 17.5 Å². The molecule has 3 unspecified atom stereocenters. The molecule has 25 heavy (non-hydrogen) atoms. The Kier molecular flexibility index (Phi) is 3.70. The van der Waals surface area contributed by atoms with Crippen LogP contribution in [0.15, 0.2) is 18.2 Å². The largest absolute Gasteiger partial charge is 0.497 e. The first-order valence-corrected chi connectivity index (χ1v) is 9.41. The van der Waals surface area contributed by atoms with Gasteiger partial charge in [0.2, 0.25) is 0 Å². The molecule has 0 aromatic heterocycles. The van der Waals surface area contributed by atoms with E-state index in [1.54, 1.807) is 7.11 Å². The third-order valence-corrected chi connectivity index (χ3v) is 7.65. The summed E-state index contributed by atoms with van der Waals surface area (Å²) in [6, 6.07) is 7.28. The highest BCUT2D eigenvalue weighted by Crippen LogP contribution is 2.65. The number of methoxy groups -OCH3 is 1. The van der Waals surface area contributed by atoms with E-state index in [4.69, 9.17) is 9.47 Å². The number of ether oxygens (including phenoxy) is 2. The van der Waals surface area contributed by atoms with Gasteiger partial charge in [-0.1, -0.05) is 19.9 Å². The van der Waals surface area contributed by atoms with Crippen LogP contribution in [0.2, 0.25) is 0 Å². The van der Waals surface area contributed by atoms with Crippen molar-refractivity contribution in [1.82, 2.24) is 4.90 Å². The molecule has 4 heteroatoms. The second kappa shape index (κ2) is 5.47. The fraction of sp³-hybridized carbons (Fsp3) is 0.667. The number of esters is 1. The van der Waals surface area contributed by atoms with Gasteiger partial charge in [-0.2, -0.15) is 0 Å². The van der Waals surface area contributed by atoms with Crippen molar-refractivity contribution in [2.45, 2.75) is 57.5 Å². The minimum atomic E-state index is -0.0162. The molecular formula is C21H29NO3. The first-order chi connectivity index (χ1) is 11.9. The molecule has 1 aromatic carbocycles. The van der Waals surface area contributed by atoms with Gasteiger partial charge in [0.1, 0.15) is 5.75 Å². The van der Waals surface area contributed by atoms with Crippen molar-refractivity contribution in [3.8, 4) is 5.75 Å².